The number of benzene rings is 1. The van der Waals surface area contributed by atoms with Crippen molar-refractivity contribution in [1.29, 1.82) is 0 Å². The third-order valence-corrected chi connectivity index (χ3v) is 2.74. The van der Waals surface area contributed by atoms with Gasteiger partial charge in [0, 0.05) is 5.41 Å². The first-order chi connectivity index (χ1) is 8.79. The fraction of sp³-hybridized carbons (Fsp3) is 0.286. The Morgan fingerprint density at radius 2 is 1.79 bits per heavy atom. The molecule has 0 unspecified atom stereocenters. The number of aromatic nitrogens is 2. The molecule has 2 aromatic rings. The lowest BCUT2D eigenvalue weighted by molar-refractivity contribution is 0.437. The predicted octanol–water partition coefficient (Wildman–Crippen LogP) is 2.58. The van der Waals surface area contributed by atoms with Gasteiger partial charge in [-0.05, 0) is 17.7 Å². The zero-order chi connectivity index (χ0) is 14.2. The van der Waals surface area contributed by atoms with Crippen LogP contribution in [0.5, 0.6) is 5.88 Å². The largest absolute Gasteiger partial charge is 0.493 e. The van der Waals surface area contributed by atoms with Gasteiger partial charge in [0.15, 0.2) is 0 Å². The number of rotatable bonds is 1. The molecule has 2 N–H and O–H groups in total. The van der Waals surface area contributed by atoms with Gasteiger partial charge >= 0.3 is 0 Å². The maximum absolute atomic E-state index is 12.9. The van der Waals surface area contributed by atoms with Gasteiger partial charge < -0.3 is 10.1 Å². The van der Waals surface area contributed by atoms with E-state index in [1.807, 2.05) is 20.8 Å². The van der Waals surface area contributed by atoms with Gasteiger partial charge in [0.1, 0.15) is 17.2 Å². The standard InChI is InChI=1S/C14H15FN2O2/c1-14(2,3)13-16-11(18)10(12(19)17-13)8-4-6-9(15)7-5-8/h4-7H,1-3H3,(H2,16,17,18,19). The Bertz CT molecular complexity index is 655. The summed E-state index contributed by atoms with van der Waals surface area (Å²) in [7, 11) is 0. The van der Waals surface area contributed by atoms with Crippen molar-refractivity contribution >= 4 is 0 Å². The molecule has 0 spiro atoms. The molecule has 0 atom stereocenters. The van der Waals surface area contributed by atoms with Gasteiger partial charge in [-0.25, -0.2) is 4.39 Å². The zero-order valence-corrected chi connectivity index (χ0v) is 11.0. The molecule has 100 valence electrons. The van der Waals surface area contributed by atoms with Crippen molar-refractivity contribution in [3.8, 4) is 17.0 Å². The molecule has 2 rings (SSSR count). The highest BCUT2D eigenvalue weighted by Gasteiger charge is 2.21. The summed E-state index contributed by atoms with van der Waals surface area (Å²) in [4.78, 5) is 18.7. The molecule has 4 nitrogen and oxygen atoms in total. The SMILES string of the molecule is CC(C)(C)c1nc(O)c(-c2ccc(F)cc2)c(=O)[nH]1. The number of aromatic amines is 1. The molecule has 0 aliphatic rings. The average Bonchev–Trinajstić information content (AvgIpc) is 2.29. The topological polar surface area (TPSA) is 66.0 Å². The van der Waals surface area contributed by atoms with Crippen LogP contribution in [0.2, 0.25) is 0 Å². The molecule has 0 fully saturated rings. The van der Waals surface area contributed by atoms with Crippen LogP contribution in [0.1, 0.15) is 26.6 Å². The normalized spacial score (nSPS) is 11.6. The summed E-state index contributed by atoms with van der Waals surface area (Å²) in [6, 6.07) is 5.31. The van der Waals surface area contributed by atoms with Crippen molar-refractivity contribution in [3.63, 3.8) is 0 Å². The summed E-state index contributed by atoms with van der Waals surface area (Å²) in [5.41, 5.74) is -0.344. The highest BCUT2D eigenvalue weighted by atomic mass is 19.1. The van der Waals surface area contributed by atoms with E-state index in [1.54, 1.807) is 0 Å². The fourth-order valence-corrected chi connectivity index (χ4v) is 1.69. The summed E-state index contributed by atoms with van der Waals surface area (Å²) < 4.78 is 12.9. The van der Waals surface area contributed by atoms with Crippen LogP contribution in [0.3, 0.4) is 0 Å². The summed E-state index contributed by atoms with van der Waals surface area (Å²) >= 11 is 0. The van der Waals surface area contributed by atoms with E-state index in [9.17, 15) is 14.3 Å². The molecular weight excluding hydrogens is 247 g/mol. The van der Waals surface area contributed by atoms with Crippen molar-refractivity contribution < 1.29 is 9.50 Å². The van der Waals surface area contributed by atoms with Crippen LogP contribution >= 0.6 is 0 Å². The second kappa shape index (κ2) is 4.50. The van der Waals surface area contributed by atoms with Crippen LogP contribution < -0.4 is 5.56 Å². The molecule has 1 aromatic heterocycles. The molecule has 0 saturated heterocycles. The highest BCUT2D eigenvalue weighted by Crippen LogP contribution is 2.26. The minimum Gasteiger partial charge on any atom is -0.493 e. The third-order valence-electron chi connectivity index (χ3n) is 2.74. The Hall–Kier alpha value is -2.17. The van der Waals surface area contributed by atoms with Crippen molar-refractivity contribution in [2.24, 2.45) is 0 Å². The van der Waals surface area contributed by atoms with Gasteiger partial charge in [-0.2, -0.15) is 4.98 Å². The molecule has 1 aromatic carbocycles. The summed E-state index contributed by atoms with van der Waals surface area (Å²) in [6.07, 6.45) is 0. The smallest absolute Gasteiger partial charge is 0.262 e. The van der Waals surface area contributed by atoms with Gasteiger partial charge in [-0.3, -0.25) is 4.79 Å². The van der Waals surface area contributed by atoms with Gasteiger partial charge in [0.05, 0.1) is 0 Å². The molecule has 0 radical (unpaired) electrons. The van der Waals surface area contributed by atoms with Crippen LogP contribution in [0, 0.1) is 5.82 Å². The number of H-pyrrole nitrogens is 1. The van der Waals surface area contributed by atoms with E-state index in [0.29, 0.717) is 11.4 Å². The van der Waals surface area contributed by atoms with Crippen LogP contribution in [0.15, 0.2) is 29.1 Å². The Labute approximate surface area is 110 Å². The first kappa shape index (κ1) is 13.3. The maximum Gasteiger partial charge on any atom is 0.262 e. The van der Waals surface area contributed by atoms with E-state index in [-0.39, 0.29) is 16.9 Å². The van der Waals surface area contributed by atoms with Crippen LogP contribution in [-0.4, -0.2) is 15.1 Å². The first-order valence-corrected chi connectivity index (χ1v) is 5.89. The van der Waals surface area contributed by atoms with E-state index >= 15 is 0 Å². The number of hydrogen-bond donors (Lipinski definition) is 2. The van der Waals surface area contributed by atoms with Crippen LogP contribution in [0.4, 0.5) is 4.39 Å². The second-order valence-electron chi connectivity index (χ2n) is 5.37. The summed E-state index contributed by atoms with van der Waals surface area (Å²) in [5.74, 6) is -0.347. The van der Waals surface area contributed by atoms with E-state index < -0.39 is 11.4 Å². The van der Waals surface area contributed by atoms with Crippen molar-refractivity contribution in [2.75, 3.05) is 0 Å². The minimum absolute atomic E-state index is 0.0491. The van der Waals surface area contributed by atoms with Gasteiger partial charge in [-0.15, -0.1) is 0 Å². The number of nitrogens with zero attached hydrogens (tertiary/aromatic N) is 1. The molecule has 1 heterocycles. The van der Waals surface area contributed by atoms with Crippen LogP contribution in [-0.2, 0) is 5.41 Å². The first-order valence-electron chi connectivity index (χ1n) is 5.89. The second-order valence-corrected chi connectivity index (χ2v) is 5.37. The molecule has 19 heavy (non-hydrogen) atoms. The van der Waals surface area contributed by atoms with Crippen molar-refractivity contribution in [1.82, 2.24) is 9.97 Å². The number of halogens is 1. The fourth-order valence-electron chi connectivity index (χ4n) is 1.69. The number of nitrogens with one attached hydrogen (secondary N) is 1. The van der Waals surface area contributed by atoms with E-state index in [2.05, 4.69) is 9.97 Å². The van der Waals surface area contributed by atoms with Crippen molar-refractivity contribution in [3.05, 3.63) is 46.3 Å². The lowest BCUT2D eigenvalue weighted by atomic mass is 9.95. The Morgan fingerprint density at radius 1 is 1.21 bits per heavy atom. The molecule has 0 bridgehead atoms. The van der Waals surface area contributed by atoms with E-state index in [1.165, 1.54) is 24.3 Å². The summed E-state index contributed by atoms with van der Waals surface area (Å²) in [5, 5.41) is 9.93. The molecule has 0 saturated carbocycles. The Balaban J connectivity index is 2.60. The van der Waals surface area contributed by atoms with Crippen molar-refractivity contribution in [2.45, 2.75) is 26.2 Å². The maximum atomic E-state index is 12.9. The summed E-state index contributed by atoms with van der Waals surface area (Å²) in [6.45, 7) is 5.63. The number of hydrogen-bond acceptors (Lipinski definition) is 3. The minimum atomic E-state index is -0.441. The lowest BCUT2D eigenvalue weighted by Gasteiger charge is -2.17. The van der Waals surface area contributed by atoms with Gasteiger partial charge in [0.25, 0.3) is 5.56 Å². The average molecular weight is 262 g/mol. The molecular formula is C14H15FN2O2. The molecule has 0 amide bonds. The quantitative estimate of drug-likeness (QED) is 0.830. The molecule has 0 aliphatic carbocycles. The van der Waals surface area contributed by atoms with Crippen LogP contribution in [0.25, 0.3) is 11.1 Å². The highest BCUT2D eigenvalue weighted by molar-refractivity contribution is 5.67. The van der Waals surface area contributed by atoms with E-state index in [0.717, 1.165) is 0 Å². The third kappa shape index (κ3) is 2.65. The lowest BCUT2D eigenvalue weighted by Crippen LogP contribution is -2.22. The Morgan fingerprint density at radius 3 is 2.26 bits per heavy atom. The van der Waals surface area contributed by atoms with Gasteiger partial charge in [0.2, 0.25) is 5.88 Å². The van der Waals surface area contributed by atoms with E-state index in [4.69, 9.17) is 0 Å². The molecule has 5 heteroatoms. The Kier molecular flexibility index (Phi) is 3.14. The number of aromatic hydroxyl groups is 1. The van der Waals surface area contributed by atoms with Gasteiger partial charge in [-0.1, -0.05) is 32.9 Å². The zero-order valence-electron chi connectivity index (χ0n) is 11.0. The molecule has 0 aliphatic heterocycles. The monoisotopic (exact) mass is 262 g/mol. The predicted molar refractivity (Wildman–Crippen MR) is 70.6 cm³/mol.